The Labute approximate surface area is 137 Å². The molecule has 0 bridgehead atoms. The standard InChI is InChI=1S/C19H24N2O2/c1-14-7-8-15(2)16(11-14)13-21-9-3-6-18(21)19(22)20-12-17-5-4-10-23-17/h4-5,7-8,10-11,18H,3,6,9,12-13H2,1-2H3,(H,20,22). The Morgan fingerprint density at radius 2 is 2.22 bits per heavy atom. The van der Waals surface area contributed by atoms with E-state index in [2.05, 4.69) is 42.3 Å². The molecule has 0 saturated carbocycles. The molecule has 1 atom stereocenters. The average Bonchev–Trinajstić information content (AvgIpc) is 3.20. The average molecular weight is 312 g/mol. The van der Waals surface area contributed by atoms with Crippen LogP contribution in [0.3, 0.4) is 0 Å². The zero-order valence-electron chi connectivity index (χ0n) is 13.8. The summed E-state index contributed by atoms with van der Waals surface area (Å²) in [6.45, 7) is 6.52. The molecule has 4 heteroatoms. The van der Waals surface area contributed by atoms with E-state index in [4.69, 9.17) is 4.42 Å². The summed E-state index contributed by atoms with van der Waals surface area (Å²) in [5.41, 5.74) is 3.87. The van der Waals surface area contributed by atoms with Crippen LogP contribution in [0.1, 0.15) is 35.3 Å². The van der Waals surface area contributed by atoms with Crippen LogP contribution in [0, 0.1) is 13.8 Å². The van der Waals surface area contributed by atoms with Crippen LogP contribution in [-0.2, 0) is 17.9 Å². The molecule has 1 N–H and O–H groups in total. The maximum atomic E-state index is 12.5. The molecule has 1 aliphatic rings. The molecule has 1 unspecified atom stereocenters. The second-order valence-electron chi connectivity index (χ2n) is 6.36. The minimum Gasteiger partial charge on any atom is -0.467 e. The highest BCUT2D eigenvalue weighted by molar-refractivity contribution is 5.82. The van der Waals surface area contributed by atoms with E-state index in [1.807, 2.05) is 12.1 Å². The Morgan fingerprint density at radius 3 is 3.00 bits per heavy atom. The Hall–Kier alpha value is -2.07. The van der Waals surface area contributed by atoms with Gasteiger partial charge in [0.25, 0.3) is 0 Å². The van der Waals surface area contributed by atoms with Crippen LogP contribution in [0.5, 0.6) is 0 Å². The van der Waals surface area contributed by atoms with Crippen LogP contribution in [0.25, 0.3) is 0 Å². The Kier molecular flexibility index (Phi) is 4.82. The summed E-state index contributed by atoms with van der Waals surface area (Å²) in [5.74, 6) is 0.890. The van der Waals surface area contributed by atoms with Crippen molar-refractivity contribution >= 4 is 5.91 Å². The van der Waals surface area contributed by atoms with Crippen LogP contribution >= 0.6 is 0 Å². The number of carbonyl (C=O) groups excluding carboxylic acids is 1. The maximum absolute atomic E-state index is 12.5. The number of likely N-dealkylation sites (tertiary alicyclic amines) is 1. The molecule has 0 radical (unpaired) electrons. The summed E-state index contributed by atoms with van der Waals surface area (Å²) in [6, 6.07) is 10.2. The number of benzene rings is 1. The van der Waals surface area contributed by atoms with Crippen LogP contribution < -0.4 is 5.32 Å². The Morgan fingerprint density at radius 1 is 1.35 bits per heavy atom. The zero-order valence-corrected chi connectivity index (χ0v) is 13.8. The third-order valence-corrected chi connectivity index (χ3v) is 4.56. The summed E-state index contributed by atoms with van der Waals surface area (Å²) in [5, 5.41) is 2.99. The molecule has 1 aromatic carbocycles. The lowest BCUT2D eigenvalue weighted by Gasteiger charge is -2.24. The third-order valence-electron chi connectivity index (χ3n) is 4.56. The first-order valence-electron chi connectivity index (χ1n) is 8.24. The van der Waals surface area contributed by atoms with Gasteiger partial charge in [0.05, 0.1) is 18.8 Å². The van der Waals surface area contributed by atoms with Gasteiger partial charge in [-0.15, -0.1) is 0 Å². The quantitative estimate of drug-likeness (QED) is 0.922. The van der Waals surface area contributed by atoms with Gasteiger partial charge in [-0.1, -0.05) is 23.8 Å². The molecule has 122 valence electrons. The number of nitrogens with one attached hydrogen (secondary N) is 1. The number of rotatable bonds is 5. The van der Waals surface area contributed by atoms with Gasteiger partial charge < -0.3 is 9.73 Å². The van der Waals surface area contributed by atoms with E-state index in [1.54, 1.807) is 6.26 Å². The number of carbonyl (C=O) groups is 1. The molecule has 2 aromatic rings. The molecule has 4 nitrogen and oxygen atoms in total. The van der Waals surface area contributed by atoms with E-state index in [0.29, 0.717) is 6.54 Å². The van der Waals surface area contributed by atoms with Gasteiger partial charge in [0, 0.05) is 6.54 Å². The Bertz CT molecular complexity index is 664. The number of hydrogen-bond acceptors (Lipinski definition) is 3. The molecule has 3 rings (SSSR count). The second-order valence-corrected chi connectivity index (χ2v) is 6.36. The highest BCUT2D eigenvalue weighted by Gasteiger charge is 2.30. The summed E-state index contributed by atoms with van der Waals surface area (Å²) in [6.07, 6.45) is 3.63. The highest BCUT2D eigenvalue weighted by atomic mass is 16.3. The molecule has 1 fully saturated rings. The van der Waals surface area contributed by atoms with Gasteiger partial charge in [0.2, 0.25) is 5.91 Å². The third kappa shape index (κ3) is 3.82. The lowest BCUT2D eigenvalue weighted by molar-refractivity contribution is -0.125. The zero-order chi connectivity index (χ0) is 16.2. The molecule has 1 saturated heterocycles. The van der Waals surface area contributed by atoms with Gasteiger partial charge in [0.1, 0.15) is 5.76 Å². The first-order chi connectivity index (χ1) is 11.1. The summed E-state index contributed by atoms with van der Waals surface area (Å²) >= 11 is 0. The molecule has 23 heavy (non-hydrogen) atoms. The molecular weight excluding hydrogens is 288 g/mol. The summed E-state index contributed by atoms with van der Waals surface area (Å²) in [7, 11) is 0. The van der Waals surface area contributed by atoms with E-state index < -0.39 is 0 Å². The monoisotopic (exact) mass is 312 g/mol. The van der Waals surface area contributed by atoms with E-state index in [1.165, 1.54) is 16.7 Å². The van der Waals surface area contributed by atoms with E-state index in [0.717, 1.165) is 31.7 Å². The summed E-state index contributed by atoms with van der Waals surface area (Å²) < 4.78 is 5.27. The first-order valence-corrected chi connectivity index (χ1v) is 8.24. The van der Waals surface area contributed by atoms with Crippen molar-refractivity contribution in [2.45, 2.75) is 45.8 Å². The SMILES string of the molecule is Cc1ccc(C)c(CN2CCCC2C(=O)NCc2ccco2)c1. The smallest absolute Gasteiger partial charge is 0.237 e. The molecule has 1 aliphatic heterocycles. The van der Waals surface area contributed by atoms with Gasteiger partial charge in [-0.05, 0) is 56.5 Å². The van der Waals surface area contributed by atoms with Crippen molar-refractivity contribution in [1.29, 1.82) is 0 Å². The predicted molar refractivity (Wildman–Crippen MR) is 89.9 cm³/mol. The second kappa shape index (κ2) is 7.01. The van der Waals surface area contributed by atoms with Gasteiger partial charge in [0.15, 0.2) is 0 Å². The minimum atomic E-state index is -0.0372. The molecule has 2 heterocycles. The number of amides is 1. The van der Waals surface area contributed by atoms with Gasteiger partial charge in [-0.3, -0.25) is 9.69 Å². The van der Waals surface area contributed by atoms with Crippen molar-refractivity contribution in [3.8, 4) is 0 Å². The van der Waals surface area contributed by atoms with Crippen LogP contribution in [0.2, 0.25) is 0 Å². The molecular formula is C19H24N2O2. The van der Waals surface area contributed by atoms with E-state index in [9.17, 15) is 4.79 Å². The maximum Gasteiger partial charge on any atom is 0.237 e. The van der Waals surface area contributed by atoms with Crippen molar-refractivity contribution in [1.82, 2.24) is 10.2 Å². The fourth-order valence-corrected chi connectivity index (χ4v) is 3.21. The van der Waals surface area contributed by atoms with Crippen molar-refractivity contribution in [3.63, 3.8) is 0 Å². The number of hydrogen-bond donors (Lipinski definition) is 1. The summed E-state index contributed by atoms with van der Waals surface area (Å²) in [4.78, 5) is 14.8. The number of aryl methyl sites for hydroxylation is 2. The highest BCUT2D eigenvalue weighted by Crippen LogP contribution is 2.22. The van der Waals surface area contributed by atoms with Crippen LogP contribution in [-0.4, -0.2) is 23.4 Å². The molecule has 1 aromatic heterocycles. The largest absolute Gasteiger partial charge is 0.467 e. The van der Waals surface area contributed by atoms with Crippen molar-refractivity contribution in [3.05, 3.63) is 59.0 Å². The van der Waals surface area contributed by atoms with Gasteiger partial charge >= 0.3 is 0 Å². The van der Waals surface area contributed by atoms with E-state index >= 15 is 0 Å². The lowest BCUT2D eigenvalue weighted by atomic mass is 10.0. The van der Waals surface area contributed by atoms with Crippen molar-refractivity contribution < 1.29 is 9.21 Å². The normalized spacial score (nSPS) is 18.3. The first kappa shape index (κ1) is 15.8. The fraction of sp³-hybridized carbons (Fsp3) is 0.421. The number of nitrogens with zero attached hydrogens (tertiary/aromatic N) is 1. The lowest BCUT2D eigenvalue weighted by Crippen LogP contribution is -2.42. The van der Waals surface area contributed by atoms with Crippen LogP contribution in [0.15, 0.2) is 41.0 Å². The number of furan rings is 1. The van der Waals surface area contributed by atoms with Gasteiger partial charge in [-0.2, -0.15) is 0 Å². The van der Waals surface area contributed by atoms with Gasteiger partial charge in [-0.25, -0.2) is 0 Å². The van der Waals surface area contributed by atoms with Crippen molar-refractivity contribution in [2.75, 3.05) is 6.54 Å². The Balaban J connectivity index is 1.62. The molecule has 0 aliphatic carbocycles. The molecule has 0 spiro atoms. The van der Waals surface area contributed by atoms with Crippen LogP contribution in [0.4, 0.5) is 0 Å². The molecule has 1 amide bonds. The van der Waals surface area contributed by atoms with E-state index in [-0.39, 0.29) is 11.9 Å². The fourth-order valence-electron chi connectivity index (χ4n) is 3.21. The minimum absolute atomic E-state index is 0.0372. The van der Waals surface area contributed by atoms with Crippen molar-refractivity contribution in [2.24, 2.45) is 0 Å². The topological polar surface area (TPSA) is 45.5 Å². The predicted octanol–water partition coefficient (Wildman–Crippen LogP) is 3.18.